The maximum absolute atomic E-state index is 14.0. The van der Waals surface area contributed by atoms with Crippen molar-refractivity contribution in [3.8, 4) is 11.5 Å². The lowest BCUT2D eigenvalue weighted by atomic mass is 10.1. The van der Waals surface area contributed by atoms with Crippen molar-refractivity contribution < 1.29 is 18.7 Å². The van der Waals surface area contributed by atoms with Crippen molar-refractivity contribution in [3.05, 3.63) is 113 Å². The third-order valence-corrected chi connectivity index (χ3v) is 5.66. The number of anilines is 1. The highest BCUT2D eigenvalue weighted by Gasteiger charge is 2.10. The number of halogens is 1. The minimum Gasteiger partial charge on any atom is -0.496 e. The first-order chi connectivity index (χ1) is 17.4. The zero-order valence-corrected chi connectivity index (χ0v) is 20.5. The van der Waals surface area contributed by atoms with Crippen molar-refractivity contribution in [2.75, 3.05) is 12.4 Å². The summed E-state index contributed by atoms with van der Waals surface area (Å²) in [6.07, 6.45) is 3.16. The number of rotatable bonds is 9. The Balaban J connectivity index is 1.40. The smallest absolute Gasteiger partial charge is 0.249 e. The Morgan fingerprint density at radius 1 is 1.03 bits per heavy atom. The van der Waals surface area contributed by atoms with Crippen LogP contribution in [0.15, 0.2) is 78.9 Å². The van der Waals surface area contributed by atoms with Gasteiger partial charge in [-0.3, -0.25) is 9.48 Å². The number of hydrogen-bond donors (Lipinski definition) is 1. The second-order valence-electron chi connectivity index (χ2n) is 8.42. The van der Waals surface area contributed by atoms with Gasteiger partial charge in [-0.2, -0.15) is 5.10 Å². The fourth-order valence-corrected chi connectivity index (χ4v) is 3.67. The Morgan fingerprint density at radius 3 is 2.56 bits per heavy atom. The predicted octanol–water partition coefficient (Wildman–Crippen LogP) is 5.93. The molecule has 1 N–H and O–H groups in total. The molecule has 1 aromatic heterocycles. The molecule has 0 bridgehead atoms. The van der Waals surface area contributed by atoms with E-state index in [1.807, 2.05) is 56.3 Å². The average Bonchev–Trinajstić information content (AvgIpc) is 3.22. The van der Waals surface area contributed by atoms with Gasteiger partial charge in [0.1, 0.15) is 23.9 Å². The second kappa shape index (κ2) is 11.4. The zero-order chi connectivity index (χ0) is 25.5. The molecule has 36 heavy (non-hydrogen) atoms. The number of carbonyl (C=O) groups excluding carboxylic acids is 1. The summed E-state index contributed by atoms with van der Waals surface area (Å²) < 4.78 is 27.0. The quantitative estimate of drug-likeness (QED) is 0.299. The summed E-state index contributed by atoms with van der Waals surface area (Å²) in [5.74, 6) is 1.27. The predicted molar refractivity (Wildman–Crippen MR) is 139 cm³/mol. The van der Waals surface area contributed by atoms with Gasteiger partial charge in [0.15, 0.2) is 5.82 Å². The van der Waals surface area contributed by atoms with Gasteiger partial charge in [0, 0.05) is 29.0 Å². The molecule has 3 aromatic carbocycles. The van der Waals surface area contributed by atoms with Crippen LogP contribution in [0.25, 0.3) is 6.08 Å². The van der Waals surface area contributed by atoms with Gasteiger partial charge in [0.2, 0.25) is 5.91 Å². The molecule has 0 aliphatic heterocycles. The highest BCUT2D eigenvalue weighted by molar-refractivity contribution is 6.01. The maximum Gasteiger partial charge on any atom is 0.249 e. The Morgan fingerprint density at radius 2 is 1.81 bits per heavy atom. The second-order valence-corrected chi connectivity index (χ2v) is 8.42. The number of benzene rings is 3. The molecule has 0 spiro atoms. The van der Waals surface area contributed by atoms with Gasteiger partial charge < -0.3 is 14.8 Å². The lowest BCUT2D eigenvalue weighted by molar-refractivity contribution is -0.111. The van der Waals surface area contributed by atoms with Gasteiger partial charge in [-0.05, 0) is 55.8 Å². The van der Waals surface area contributed by atoms with Crippen molar-refractivity contribution in [1.82, 2.24) is 9.78 Å². The van der Waals surface area contributed by atoms with E-state index in [0.29, 0.717) is 23.7 Å². The van der Waals surface area contributed by atoms with Gasteiger partial charge in [0.25, 0.3) is 0 Å². The molecule has 4 aromatic rings. The van der Waals surface area contributed by atoms with Gasteiger partial charge >= 0.3 is 0 Å². The van der Waals surface area contributed by atoms with Crippen LogP contribution in [0.3, 0.4) is 0 Å². The first-order valence-electron chi connectivity index (χ1n) is 11.5. The van der Waals surface area contributed by atoms with E-state index >= 15 is 0 Å². The van der Waals surface area contributed by atoms with Crippen molar-refractivity contribution in [3.63, 3.8) is 0 Å². The number of carbonyl (C=O) groups is 1. The van der Waals surface area contributed by atoms with Gasteiger partial charge in [-0.25, -0.2) is 4.39 Å². The van der Waals surface area contributed by atoms with E-state index in [0.717, 1.165) is 28.1 Å². The molecule has 184 valence electrons. The normalized spacial score (nSPS) is 11.0. The number of methoxy groups -OCH3 is 1. The highest BCUT2D eigenvalue weighted by Crippen LogP contribution is 2.23. The molecule has 1 heterocycles. The van der Waals surface area contributed by atoms with Gasteiger partial charge in [0.05, 0.1) is 13.7 Å². The largest absolute Gasteiger partial charge is 0.496 e. The monoisotopic (exact) mass is 485 g/mol. The minimum atomic E-state index is -0.321. The molecule has 4 rings (SSSR count). The fraction of sp³-hybridized carbons (Fsp3) is 0.172. The summed E-state index contributed by atoms with van der Waals surface area (Å²) in [6.45, 7) is 4.50. The van der Waals surface area contributed by atoms with E-state index in [4.69, 9.17) is 9.47 Å². The summed E-state index contributed by atoms with van der Waals surface area (Å²) in [6, 6.07) is 21.8. The molecule has 0 atom stereocenters. The Labute approximate surface area is 210 Å². The molecular formula is C29H28FN3O3. The zero-order valence-electron chi connectivity index (χ0n) is 20.5. The van der Waals surface area contributed by atoms with Crippen LogP contribution in [0.4, 0.5) is 10.2 Å². The average molecular weight is 486 g/mol. The van der Waals surface area contributed by atoms with Crippen LogP contribution < -0.4 is 14.8 Å². The number of nitrogens with one attached hydrogen (secondary N) is 1. The van der Waals surface area contributed by atoms with Gasteiger partial charge in [-0.15, -0.1) is 0 Å². The van der Waals surface area contributed by atoms with Crippen LogP contribution >= 0.6 is 0 Å². The molecule has 0 saturated heterocycles. The number of aromatic nitrogens is 2. The van der Waals surface area contributed by atoms with E-state index in [2.05, 4.69) is 10.4 Å². The topological polar surface area (TPSA) is 65.4 Å². The summed E-state index contributed by atoms with van der Waals surface area (Å²) in [5.41, 5.74) is 4.20. The van der Waals surface area contributed by atoms with Gasteiger partial charge in [-0.1, -0.05) is 42.0 Å². The molecule has 0 unspecified atom stereocenters. The number of ether oxygens (including phenoxy) is 2. The van der Waals surface area contributed by atoms with E-state index in [-0.39, 0.29) is 18.3 Å². The maximum atomic E-state index is 14.0. The van der Waals surface area contributed by atoms with Crippen molar-refractivity contribution in [1.29, 1.82) is 0 Å². The van der Waals surface area contributed by atoms with Crippen LogP contribution in [-0.2, 0) is 17.9 Å². The summed E-state index contributed by atoms with van der Waals surface area (Å²) >= 11 is 0. The molecular weight excluding hydrogens is 457 g/mol. The molecule has 0 aliphatic rings. The summed E-state index contributed by atoms with van der Waals surface area (Å²) in [4.78, 5) is 12.5. The lowest BCUT2D eigenvalue weighted by Crippen LogP contribution is -2.10. The van der Waals surface area contributed by atoms with Crippen LogP contribution in [0.2, 0.25) is 0 Å². The van der Waals surface area contributed by atoms with Crippen molar-refractivity contribution in [2.24, 2.45) is 0 Å². The Bertz CT molecular complexity index is 1380. The summed E-state index contributed by atoms with van der Waals surface area (Å²) in [5, 5.41) is 7.15. The standard InChI is InChI=1S/C29H28FN3O3/c1-20-8-12-25(13-9-20)36-19-24-17-22(10-14-27(24)35-3)11-15-29(34)31-28-16-21(2)33(32-28)18-23-6-4-5-7-26(23)30/h4-17H,18-19H2,1-3H3,(H,31,32,34)/b15-11+. The molecule has 1 amide bonds. The third kappa shape index (κ3) is 6.39. The molecule has 0 fully saturated rings. The highest BCUT2D eigenvalue weighted by atomic mass is 19.1. The van der Waals surface area contributed by atoms with E-state index in [1.165, 1.54) is 12.1 Å². The van der Waals surface area contributed by atoms with Crippen LogP contribution in [-0.4, -0.2) is 22.8 Å². The first kappa shape index (κ1) is 24.7. The van der Waals surface area contributed by atoms with Crippen molar-refractivity contribution in [2.45, 2.75) is 27.0 Å². The Hall–Kier alpha value is -4.39. The van der Waals surface area contributed by atoms with E-state index in [1.54, 1.807) is 42.1 Å². The number of aryl methyl sites for hydroxylation is 2. The molecule has 0 aliphatic carbocycles. The first-order valence-corrected chi connectivity index (χ1v) is 11.5. The number of nitrogens with zero attached hydrogens (tertiary/aromatic N) is 2. The van der Waals surface area contributed by atoms with Crippen LogP contribution in [0.5, 0.6) is 11.5 Å². The molecule has 0 saturated carbocycles. The van der Waals surface area contributed by atoms with Crippen molar-refractivity contribution >= 4 is 17.8 Å². The fourth-order valence-electron chi connectivity index (χ4n) is 3.67. The summed E-state index contributed by atoms with van der Waals surface area (Å²) in [7, 11) is 1.61. The van der Waals surface area contributed by atoms with Crippen LogP contribution in [0, 0.1) is 19.7 Å². The SMILES string of the molecule is COc1ccc(/C=C/C(=O)Nc2cc(C)n(Cc3ccccc3F)n2)cc1COc1ccc(C)cc1. The van der Waals surface area contributed by atoms with Crippen LogP contribution in [0.1, 0.15) is 27.9 Å². The molecule has 7 heteroatoms. The van der Waals surface area contributed by atoms with E-state index < -0.39 is 0 Å². The molecule has 6 nitrogen and oxygen atoms in total. The Kier molecular flexibility index (Phi) is 7.80. The number of hydrogen-bond acceptors (Lipinski definition) is 4. The third-order valence-electron chi connectivity index (χ3n) is 5.66. The lowest BCUT2D eigenvalue weighted by Gasteiger charge is -2.11. The minimum absolute atomic E-state index is 0.281. The number of amides is 1. The molecule has 0 radical (unpaired) electrons. The van der Waals surface area contributed by atoms with E-state index in [9.17, 15) is 9.18 Å².